The van der Waals surface area contributed by atoms with E-state index in [1.807, 2.05) is 6.92 Å². The smallest absolute Gasteiger partial charge is 0.173 e. The van der Waals surface area contributed by atoms with Gasteiger partial charge in [0.2, 0.25) is 0 Å². The molecule has 1 aromatic heterocycles. The SMILES string of the molecule is CCc1nn(C)cc1C(=O)CC(=O)C1CCCCC1. The highest BCUT2D eigenvalue weighted by molar-refractivity contribution is 6.09. The van der Waals surface area contributed by atoms with Crippen molar-refractivity contribution < 1.29 is 9.59 Å². The number of ketones is 2. The average molecular weight is 262 g/mol. The molecule has 0 spiro atoms. The zero-order valence-corrected chi connectivity index (χ0v) is 11.8. The summed E-state index contributed by atoms with van der Waals surface area (Å²) < 4.78 is 1.65. The molecule has 0 aliphatic heterocycles. The molecule has 1 saturated carbocycles. The van der Waals surface area contributed by atoms with Crippen molar-refractivity contribution in [2.45, 2.75) is 51.9 Å². The number of hydrogen-bond donors (Lipinski definition) is 0. The lowest BCUT2D eigenvalue weighted by Gasteiger charge is -2.19. The number of carbonyl (C=O) groups excluding carboxylic acids is 2. The zero-order chi connectivity index (χ0) is 13.8. The second-order valence-corrected chi connectivity index (χ2v) is 5.42. The van der Waals surface area contributed by atoms with Gasteiger partial charge in [-0.1, -0.05) is 26.2 Å². The lowest BCUT2D eigenvalue weighted by atomic mass is 9.84. The Morgan fingerprint density at radius 2 is 2.00 bits per heavy atom. The van der Waals surface area contributed by atoms with Crippen LogP contribution in [0.1, 0.15) is 61.5 Å². The predicted octanol–water partition coefficient (Wildman–Crippen LogP) is 2.70. The average Bonchev–Trinajstić information content (AvgIpc) is 2.81. The summed E-state index contributed by atoms with van der Waals surface area (Å²) in [6.45, 7) is 1.97. The molecule has 1 aromatic rings. The number of rotatable bonds is 5. The summed E-state index contributed by atoms with van der Waals surface area (Å²) >= 11 is 0. The third-order valence-corrected chi connectivity index (χ3v) is 3.94. The van der Waals surface area contributed by atoms with Gasteiger partial charge in [-0.25, -0.2) is 0 Å². The molecule has 1 aliphatic carbocycles. The fourth-order valence-electron chi connectivity index (χ4n) is 2.85. The van der Waals surface area contributed by atoms with Crippen molar-refractivity contribution in [1.29, 1.82) is 0 Å². The molecule has 0 bridgehead atoms. The van der Waals surface area contributed by atoms with Crippen LogP contribution in [0.2, 0.25) is 0 Å². The molecule has 1 heterocycles. The first kappa shape index (κ1) is 14.0. The summed E-state index contributed by atoms with van der Waals surface area (Å²) in [6.07, 6.45) is 7.88. The van der Waals surface area contributed by atoms with Crippen molar-refractivity contribution in [2.75, 3.05) is 0 Å². The van der Waals surface area contributed by atoms with E-state index in [2.05, 4.69) is 5.10 Å². The number of hydrogen-bond acceptors (Lipinski definition) is 3. The van der Waals surface area contributed by atoms with Crippen molar-refractivity contribution in [1.82, 2.24) is 9.78 Å². The highest BCUT2D eigenvalue weighted by atomic mass is 16.1. The fraction of sp³-hybridized carbons (Fsp3) is 0.667. The van der Waals surface area contributed by atoms with Gasteiger partial charge in [-0.2, -0.15) is 5.10 Å². The highest BCUT2D eigenvalue weighted by Gasteiger charge is 2.25. The Hall–Kier alpha value is -1.45. The van der Waals surface area contributed by atoms with Crippen LogP contribution in [0, 0.1) is 5.92 Å². The van der Waals surface area contributed by atoms with Gasteiger partial charge in [0.15, 0.2) is 5.78 Å². The van der Waals surface area contributed by atoms with Crippen molar-refractivity contribution in [2.24, 2.45) is 13.0 Å². The van der Waals surface area contributed by atoms with Crippen LogP contribution in [-0.2, 0) is 18.3 Å². The van der Waals surface area contributed by atoms with E-state index < -0.39 is 0 Å². The Bertz CT molecular complexity index is 470. The molecule has 4 nitrogen and oxygen atoms in total. The van der Waals surface area contributed by atoms with Crippen LogP contribution in [0.5, 0.6) is 0 Å². The topological polar surface area (TPSA) is 52.0 Å². The normalized spacial score (nSPS) is 16.5. The quantitative estimate of drug-likeness (QED) is 0.605. The zero-order valence-electron chi connectivity index (χ0n) is 11.8. The van der Waals surface area contributed by atoms with Gasteiger partial charge in [0.05, 0.1) is 17.7 Å². The van der Waals surface area contributed by atoms with Crippen LogP contribution in [0.4, 0.5) is 0 Å². The number of carbonyl (C=O) groups is 2. The third-order valence-electron chi connectivity index (χ3n) is 3.94. The minimum absolute atomic E-state index is 0.0450. The monoisotopic (exact) mass is 262 g/mol. The van der Waals surface area contributed by atoms with E-state index in [4.69, 9.17) is 0 Å². The largest absolute Gasteiger partial charge is 0.299 e. The van der Waals surface area contributed by atoms with Gasteiger partial charge < -0.3 is 0 Å². The van der Waals surface area contributed by atoms with Gasteiger partial charge in [-0.3, -0.25) is 14.3 Å². The van der Waals surface area contributed by atoms with Crippen molar-refractivity contribution >= 4 is 11.6 Å². The van der Waals surface area contributed by atoms with Crippen molar-refractivity contribution in [3.63, 3.8) is 0 Å². The Balaban J connectivity index is 2.01. The van der Waals surface area contributed by atoms with Gasteiger partial charge in [0, 0.05) is 19.2 Å². The lowest BCUT2D eigenvalue weighted by Crippen LogP contribution is -2.21. The van der Waals surface area contributed by atoms with Crippen LogP contribution in [0.3, 0.4) is 0 Å². The van der Waals surface area contributed by atoms with E-state index in [-0.39, 0.29) is 23.9 Å². The summed E-state index contributed by atoms with van der Waals surface area (Å²) in [5.41, 5.74) is 1.41. The lowest BCUT2D eigenvalue weighted by molar-refractivity contribution is -0.122. The third kappa shape index (κ3) is 3.31. The van der Waals surface area contributed by atoms with E-state index in [0.29, 0.717) is 5.56 Å². The molecule has 0 saturated heterocycles. The molecule has 0 atom stereocenters. The number of aromatic nitrogens is 2. The molecule has 1 fully saturated rings. The maximum atomic E-state index is 12.2. The summed E-state index contributed by atoms with van der Waals surface area (Å²) in [7, 11) is 1.80. The Kier molecular flexibility index (Phi) is 4.51. The number of aryl methyl sites for hydroxylation is 2. The molecule has 0 aromatic carbocycles. The van der Waals surface area contributed by atoms with Crippen LogP contribution < -0.4 is 0 Å². The van der Waals surface area contributed by atoms with Crippen LogP contribution >= 0.6 is 0 Å². The minimum atomic E-state index is -0.0690. The van der Waals surface area contributed by atoms with Crippen LogP contribution in [0.25, 0.3) is 0 Å². The number of Topliss-reactive ketones (excluding diaryl/α,β-unsaturated/α-hetero) is 2. The van der Waals surface area contributed by atoms with Gasteiger partial charge >= 0.3 is 0 Å². The standard InChI is InChI=1S/C15H22N2O2/c1-3-13-12(10-17(2)16-13)15(19)9-14(18)11-7-5-4-6-8-11/h10-11H,3-9H2,1-2H3. The predicted molar refractivity (Wildman–Crippen MR) is 73.1 cm³/mol. The second-order valence-electron chi connectivity index (χ2n) is 5.42. The molecule has 19 heavy (non-hydrogen) atoms. The van der Waals surface area contributed by atoms with E-state index in [9.17, 15) is 9.59 Å². The maximum absolute atomic E-state index is 12.2. The van der Waals surface area contributed by atoms with Gasteiger partial charge in [0.25, 0.3) is 0 Å². The minimum Gasteiger partial charge on any atom is -0.299 e. The molecule has 1 aliphatic rings. The van der Waals surface area contributed by atoms with E-state index in [1.165, 1.54) is 6.42 Å². The second kappa shape index (κ2) is 6.13. The number of nitrogens with zero attached hydrogens (tertiary/aromatic N) is 2. The van der Waals surface area contributed by atoms with Gasteiger partial charge in [-0.15, -0.1) is 0 Å². The Morgan fingerprint density at radius 3 is 2.63 bits per heavy atom. The molecule has 0 radical (unpaired) electrons. The summed E-state index contributed by atoms with van der Waals surface area (Å²) in [4.78, 5) is 24.4. The first-order valence-electron chi connectivity index (χ1n) is 7.20. The first-order chi connectivity index (χ1) is 9.11. The summed E-state index contributed by atoms with van der Waals surface area (Å²) in [5.74, 6) is 0.163. The molecular formula is C15H22N2O2. The van der Waals surface area contributed by atoms with Gasteiger partial charge in [-0.05, 0) is 19.3 Å². The molecule has 0 N–H and O–H groups in total. The summed E-state index contributed by atoms with van der Waals surface area (Å²) in [5, 5.41) is 4.25. The van der Waals surface area contributed by atoms with Gasteiger partial charge in [0.1, 0.15) is 5.78 Å². The molecule has 2 rings (SSSR count). The molecule has 104 valence electrons. The van der Waals surface area contributed by atoms with Crippen LogP contribution in [0.15, 0.2) is 6.20 Å². The van der Waals surface area contributed by atoms with Crippen molar-refractivity contribution in [3.05, 3.63) is 17.5 Å². The Labute approximate surface area is 114 Å². The molecule has 4 heteroatoms. The van der Waals surface area contributed by atoms with Crippen LogP contribution in [-0.4, -0.2) is 21.3 Å². The highest BCUT2D eigenvalue weighted by Crippen LogP contribution is 2.26. The first-order valence-corrected chi connectivity index (χ1v) is 7.20. The maximum Gasteiger partial charge on any atom is 0.173 e. The van der Waals surface area contributed by atoms with E-state index in [1.54, 1.807) is 17.9 Å². The Morgan fingerprint density at radius 1 is 1.32 bits per heavy atom. The van der Waals surface area contributed by atoms with E-state index in [0.717, 1.165) is 37.8 Å². The van der Waals surface area contributed by atoms with Crippen molar-refractivity contribution in [3.8, 4) is 0 Å². The van der Waals surface area contributed by atoms with E-state index >= 15 is 0 Å². The molecule has 0 unspecified atom stereocenters. The summed E-state index contributed by atoms with van der Waals surface area (Å²) in [6, 6.07) is 0. The fourth-order valence-corrected chi connectivity index (χ4v) is 2.85. The molecule has 0 amide bonds. The molecular weight excluding hydrogens is 240 g/mol.